The van der Waals surface area contributed by atoms with Crippen molar-refractivity contribution in [1.29, 1.82) is 0 Å². The maximum atomic E-state index is 14.2. The Labute approximate surface area is 229 Å². The number of hydrogen-bond donors (Lipinski definition) is 1. The van der Waals surface area contributed by atoms with Gasteiger partial charge >= 0.3 is 5.97 Å². The largest absolute Gasteiger partial charge is 0.465 e. The van der Waals surface area contributed by atoms with Crippen LogP contribution in [0.4, 0.5) is 16.6 Å². The highest BCUT2D eigenvalue weighted by Gasteiger charge is 2.29. The lowest BCUT2D eigenvalue weighted by atomic mass is 10.2. The van der Waals surface area contributed by atoms with Crippen LogP contribution in [0.5, 0.6) is 0 Å². The van der Waals surface area contributed by atoms with Crippen LogP contribution in [0.3, 0.4) is 0 Å². The Morgan fingerprint density at radius 3 is 2.36 bits per heavy atom. The molecule has 11 heteroatoms. The van der Waals surface area contributed by atoms with Crippen molar-refractivity contribution >= 4 is 50.2 Å². The van der Waals surface area contributed by atoms with Gasteiger partial charge in [0.05, 0.1) is 37.5 Å². The van der Waals surface area contributed by atoms with E-state index in [0.717, 1.165) is 17.0 Å². The lowest BCUT2D eigenvalue weighted by molar-refractivity contribution is 0.0530. The molecule has 0 atom stereocenters. The van der Waals surface area contributed by atoms with Gasteiger partial charge in [0.2, 0.25) is 5.95 Å². The van der Waals surface area contributed by atoms with E-state index in [1.54, 1.807) is 11.5 Å². The Bertz CT molecular complexity index is 1530. The molecule has 0 amide bonds. The predicted molar refractivity (Wildman–Crippen MR) is 153 cm³/mol. The fourth-order valence-corrected chi connectivity index (χ4v) is 5.27. The van der Waals surface area contributed by atoms with Crippen LogP contribution in [0.15, 0.2) is 70.5 Å². The number of fused-ring (bicyclic) bond motifs is 1. The van der Waals surface area contributed by atoms with Crippen LogP contribution >= 0.6 is 11.3 Å². The maximum absolute atomic E-state index is 14.2. The van der Waals surface area contributed by atoms with Crippen LogP contribution in [0, 0.1) is 0 Å². The van der Waals surface area contributed by atoms with Crippen molar-refractivity contribution in [2.45, 2.75) is 13.8 Å². The molecule has 10 nitrogen and oxygen atoms in total. The van der Waals surface area contributed by atoms with Crippen LogP contribution < -0.4 is 15.8 Å². The minimum absolute atomic E-state index is 0.0691. The van der Waals surface area contributed by atoms with Crippen molar-refractivity contribution in [3.05, 3.63) is 76.6 Å². The van der Waals surface area contributed by atoms with E-state index >= 15 is 0 Å². The molecular formula is C28H29N5O5S. The number of rotatable bonds is 7. The zero-order chi connectivity index (χ0) is 27.2. The number of carbonyl (C=O) groups excluding carboxylic acids is 1. The molecule has 1 N–H and O–H groups in total. The van der Waals surface area contributed by atoms with Crippen LogP contribution in [0.2, 0.25) is 0 Å². The van der Waals surface area contributed by atoms with Crippen LogP contribution in [0.25, 0.3) is 15.9 Å². The van der Waals surface area contributed by atoms with Crippen molar-refractivity contribution in [3.63, 3.8) is 0 Å². The molecule has 0 bridgehead atoms. The van der Waals surface area contributed by atoms with E-state index in [0.29, 0.717) is 49.4 Å². The number of thiophene rings is 1. The molecule has 0 saturated carbocycles. The zero-order valence-electron chi connectivity index (χ0n) is 21.8. The third-order valence-corrected chi connectivity index (χ3v) is 6.96. The van der Waals surface area contributed by atoms with E-state index in [2.05, 4.69) is 10.3 Å². The van der Waals surface area contributed by atoms with Crippen molar-refractivity contribution in [1.82, 2.24) is 9.55 Å². The van der Waals surface area contributed by atoms with Gasteiger partial charge in [0.15, 0.2) is 0 Å². The predicted octanol–water partition coefficient (Wildman–Crippen LogP) is 4.60. The number of para-hydroxylation sites is 2. The smallest absolute Gasteiger partial charge is 0.342 e. The first-order valence-electron chi connectivity index (χ1n) is 12.8. The number of hydrogen-bond acceptors (Lipinski definition) is 9. The Kier molecular flexibility index (Phi) is 8.18. The van der Waals surface area contributed by atoms with Gasteiger partial charge in [-0.2, -0.15) is 4.99 Å². The Balaban J connectivity index is 1.74. The Morgan fingerprint density at radius 1 is 1.03 bits per heavy atom. The first-order chi connectivity index (χ1) is 19.1. The van der Waals surface area contributed by atoms with Gasteiger partial charge in [0, 0.05) is 18.8 Å². The number of anilines is 2. The van der Waals surface area contributed by atoms with E-state index in [1.807, 2.05) is 72.5 Å². The van der Waals surface area contributed by atoms with Gasteiger partial charge in [0.1, 0.15) is 15.4 Å². The number of benzene rings is 2. The average Bonchev–Trinajstić information content (AvgIpc) is 3.33. The number of morpholine rings is 1. The number of nitrogens with zero attached hydrogens (tertiary/aromatic N) is 4. The molecule has 0 unspecified atom stereocenters. The molecule has 4 aromatic rings. The van der Waals surface area contributed by atoms with Gasteiger partial charge in [-0.05, 0) is 38.1 Å². The summed E-state index contributed by atoms with van der Waals surface area (Å²) in [6, 6.07) is 18.9. The van der Waals surface area contributed by atoms with Crippen LogP contribution in [0.1, 0.15) is 24.2 Å². The van der Waals surface area contributed by atoms with Gasteiger partial charge in [0.25, 0.3) is 11.6 Å². The van der Waals surface area contributed by atoms with Crippen molar-refractivity contribution < 1.29 is 19.0 Å². The summed E-state index contributed by atoms with van der Waals surface area (Å²) in [5, 5.41) is 3.58. The molecule has 39 heavy (non-hydrogen) atoms. The topological polar surface area (TPSA) is 107 Å². The second-order valence-electron chi connectivity index (χ2n) is 8.51. The monoisotopic (exact) mass is 547 g/mol. The van der Waals surface area contributed by atoms with Crippen molar-refractivity contribution in [3.8, 4) is 5.69 Å². The summed E-state index contributed by atoms with van der Waals surface area (Å²) in [6.45, 7) is 6.27. The van der Waals surface area contributed by atoms with E-state index in [9.17, 15) is 9.59 Å². The quantitative estimate of drug-likeness (QED) is 0.203. The van der Waals surface area contributed by atoms with Crippen LogP contribution in [-0.4, -0.2) is 61.1 Å². The highest BCUT2D eigenvalue weighted by molar-refractivity contribution is 7.22. The summed E-state index contributed by atoms with van der Waals surface area (Å²) in [6.07, 6.45) is 0. The summed E-state index contributed by atoms with van der Waals surface area (Å²) in [5.74, 6) is -0.155. The Morgan fingerprint density at radius 2 is 1.69 bits per heavy atom. The highest BCUT2D eigenvalue weighted by atomic mass is 32.1. The SMILES string of the molecule is CCOC(=O)c1c(/N=C(/Nc2ccccc2)OCC)sc2nc(N3CCOCC3)n(-c3ccccc3)c(=O)c12. The van der Waals surface area contributed by atoms with E-state index < -0.39 is 5.97 Å². The summed E-state index contributed by atoms with van der Waals surface area (Å²) in [7, 11) is 0. The number of carbonyl (C=O) groups is 1. The van der Waals surface area contributed by atoms with E-state index in [1.165, 1.54) is 0 Å². The minimum Gasteiger partial charge on any atom is -0.465 e. The number of aliphatic imine (C=N–C) groups is 1. The molecule has 5 rings (SSSR count). The van der Waals surface area contributed by atoms with Crippen molar-refractivity contribution in [2.24, 2.45) is 4.99 Å². The van der Waals surface area contributed by atoms with E-state index in [-0.39, 0.29) is 34.1 Å². The minimum atomic E-state index is -0.643. The van der Waals surface area contributed by atoms with Gasteiger partial charge in [-0.25, -0.2) is 14.3 Å². The van der Waals surface area contributed by atoms with Gasteiger partial charge < -0.3 is 24.4 Å². The number of nitrogens with one attached hydrogen (secondary N) is 1. The number of amidine groups is 1. The summed E-state index contributed by atoms with van der Waals surface area (Å²) >= 11 is 1.15. The maximum Gasteiger partial charge on any atom is 0.342 e. The molecule has 0 radical (unpaired) electrons. The molecule has 2 aromatic carbocycles. The first kappa shape index (κ1) is 26.4. The van der Waals surface area contributed by atoms with Crippen LogP contribution in [-0.2, 0) is 14.2 Å². The second-order valence-corrected chi connectivity index (χ2v) is 9.49. The molecule has 0 spiro atoms. The molecule has 2 aromatic heterocycles. The molecule has 1 saturated heterocycles. The number of ether oxygens (including phenoxy) is 3. The molecule has 3 heterocycles. The zero-order valence-corrected chi connectivity index (χ0v) is 22.6. The summed E-state index contributed by atoms with van der Waals surface area (Å²) in [4.78, 5) is 39.5. The molecule has 0 aliphatic carbocycles. The van der Waals surface area contributed by atoms with Crippen molar-refractivity contribution in [2.75, 3.05) is 49.7 Å². The number of aromatic nitrogens is 2. The average molecular weight is 548 g/mol. The molecule has 1 fully saturated rings. The van der Waals surface area contributed by atoms with Gasteiger partial charge in [-0.15, -0.1) is 0 Å². The third kappa shape index (κ3) is 5.64. The van der Waals surface area contributed by atoms with Gasteiger partial charge in [-0.1, -0.05) is 47.7 Å². The molecule has 1 aliphatic heterocycles. The standard InChI is InChI=1S/C28H29N5O5S/c1-3-37-26(35)22-21-23(39-24(22)30-27(38-4-2)29-19-11-7-5-8-12-19)31-28(32-15-17-36-18-16-32)33(25(21)34)20-13-9-6-10-14-20/h5-14H,3-4,15-18H2,1-2H3,(H,29,30). The molecular weight excluding hydrogens is 518 g/mol. The first-order valence-corrected chi connectivity index (χ1v) is 13.6. The normalized spacial score (nSPS) is 13.9. The fourth-order valence-electron chi connectivity index (χ4n) is 4.25. The number of esters is 1. The summed E-state index contributed by atoms with van der Waals surface area (Å²) in [5.41, 5.74) is 1.11. The second kappa shape index (κ2) is 12.1. The molecule has 202 valence electrons. The molecule has 1 aliphatic rings. The fraction of sp³-hybridized carbons (Fsp3) is 0.286. The van der Waals surface area contributed by atoms with Gasteiger partial charge in [-0.3, -0.25) is 4.79 Å². The highest BCUT2D eigenvalue weighted by Crippen LogP contribution is 2.37. The lowest BCUT2D eigenvalue weighted by Crippen LogP contribution is -2.40. The Hall–Kier alpha value is -4.22. The summed E-state index contributed by atoms with van der Waals surface area (Å²) < 4.78 is 18.2. The van der Waals surface area contributed by atoms with E-state index in [4.69, 9.17) is 19.2 Å². The third-order valence-electron chi connectivity index (χ3n) is 5.99. The lowest BCUT2D eigenvalue weighted by Gasteiger charge is -2.29.